The Labute approximate surface area is 94.0 Å². The smallest absolute Gasteiger partial charge is 0.292 e. The van der Waals surface area contributed by atoms with Crippen LogP contribution >= 0.6 is 0 Å². The van der Waals surface area contributed by atoms with Crippen LogP contribution in [-0.2, 0) is 0 Å². The lowest BCUT2D eigenvalue weighted by atomic mass is 10.1. The van der Waals surface area contributed by atoms with E-state index in [4.69, 9.17) is 0 Å². The molecule has 1 fully saturated rings. The third-order valence-electron chi connectivity index (χ3n) is 2.84. The van der Waals surface area contributed by atoms with E-state index in [-0.39, 0.29) is 10.6 Å². The highest BCUT2D eigenvalue weighted by atomic mass is 16.6. The van der Waals surface area contributed by atoms with Gasteiger partial charge in [-0.25, -0.2) is 0 Å². The molecule has 5 heteroatoms. The fourth-order valence-electron chi connectivity index (χ4n) is 1.93. The second kappa shape index (κ2) is 4.94. The molecule has 5 nitrogen and oxygen atoms in total. The normalized spacial score (nSPS) is 19.6. The number of para-hydroxylation sites is 2. The van der Waals surface area contributed by atoms with Gasteiger partial charge in [0.15, 0.2) is 0 Å². The molecule has 1 aromatic rings. The summed E-state index contributed by atoms with van der Waals surface area (Å²) in [5, 5.41) is 17.2. The predicted molar refractivity (Wildman–Crippen MR) is 62.6 cm³/mol. The van der Waals surface area contributed by atoms with Gasteiger partial charge in [0.05, 0.1) is 4.92 Å². The summed E-state index contributed by atoms with van der Waals surface area (Å²) in [6.45, 7) is 2.83. The van der Waals surface area contributed by atoms with Crippen molar-refractivity contribution in [3.05, 3.63) is 34.4 Å². The van der Waals surface area contributed by atoms with Crippen LogP contribution in [0.4, 0.5) is 11.4 Å². The number of hydrogen-bond donors (Lipinski definition) is 2. The summed E-state index contributed by atoms with van der Waals surface area (Å²) < 4.78 is 0. The van der Waals surface area contributed by atoms with Gasteiger partial charge in [-0.3, -0.25) is 10.1 Å². The lowest BCUT2D eigenvalue weighted by Gasteiger charge is -2.11. The first-order valence-corrected chi connectivity index (χ1v) is 5.45. The molecule has 0 amide bonds. The first-order chi connectivity index (χ1) is 7.77. The van der Waals surface area contributed by atoms with Crippen LogP contribution in [0.5, 0.6) is 0 Å². The van der Waals surface area contributed by atoms with Gasteiger partial charge < -0.3 is 10.6 Å². The van der Waals surface area contributed by atoms with E-state index in [1.807, 2.05) is 6.07 Å². The SMILES string of the molecule is O=[N+]([O-])c1ccccc1NC[C@@H]1CCNC1. The molecule has 0 aliphatic carbocycles. The van der Waals surface area contributed by atoms with Crippen molar-refractivity contribution in [3.8, 4) is 0 Å². The highest BCUT2D eigenvalue weighted by molar-refractivity contribution is 5.61. The Morgan fingerprint density at radius 3 is 3.00 bits per heavy atom. The van der Waals surface area contributed by atoms with Crippen LogP contribution in [0.25, 0.3) is 0 Å². The number of nitrogens with one attached hydrogen (secondary N) is 2. The topological polar surface area (TPSA) is 67.2 Å². The Morgan fingerprint density at radius 1 is 1.50 bits per heavy atom. The third-order valence-corrected chi connectivity index (χ3v) is 2.84. The van der Waals surface area contributed by atoms with Crippen LogP contribution in [0.15, 0.2) is 24.3 Å². The number of nitrogens with zero attached hydrogens (tertiary/aromatic N) is 1. The fraction of sp³-hybridized carbons (Fsp3) is 0.455. The molecule has 0 radical (unpaired) electrons. The number of hydrogen-bond acceptors (Lipinski definition) is 4. The maximum atomic E-state index is 10.8. The van der Waals surface area contributed by atoms with Gasteiger partial charge in [0, 0.05) is 12.6 Å². The van der Waals surface area contributed by atoms with Gasteiger partial charge in [-0.15, -0.1) is 0 Å². The summed E-state index contributed by atoms with van der Waals surface area (Å²) >= 11 is 0. The first kappa shape index (κ1) is 10.9. The molecule has 0 spiro atoms. The number of rotatable bonds is 4. The molecule has 0 saturated carbocycles. The van der Waals surface area contributed by atoms with Gasteiger partial charge in [-0.05, 0) is 31.5 Å². The third kappa shape index (κ3) is 2.49. The minimum absolute atomic E-state index is 0.147. The summed E-state index contributed by atoms with van der Waals surface area (Å²) in [4.78, 5) is 10.4. The number of nitro benzene ring substituents is 1. The molecule has 16 heavy (non-hydrogen) atoms. The predicted octanol–water partition coefficient (Wildman–Crippen LogP) is 1.62. The quantitative estimate of drug-likeness (QED) is 0.599. The van der Waals surface area contributed by atoms with Crippen LogP contribution in [0.1, 0.15) is 6.42 Å². The molecular formula is C11H15N3O2. The van der Waals surface area contributed by atoms with Crippen LogP contribution < -0.4 is 10.6 Å². The average Bonchev–Trinajstić information content (AvgIpc) is 2.79. The van der Waals surface area contributed by atoms with Crippen molar-refractivity contribution in [2.24, 2.45) is 5.92 Å². The Balaban J connectivity index is 2.00. The summed E-state index contributed by atoms with van der Waals surface area (Å²) in [5.41, 5.74) is 0.757. The van der Waals surface area contributed by atoms with Crippen molar-refractivity contribution in [1.29, 1.82) is 0 Å². The zero-order valence-electron chi connectivity index (χ0n) is 8.98. The van der Waals surface area contributed by atoms with E-state index in [2.05, 4.69) is 10.6 Å². The average molecular weight is 221 g/mol. The Hall–Kier alpha value is -1.62. The maximum Gasteiger partial charge on any atom is 0.292 e. The van der Waals surface area contributed by atoms with Gasteiger partial charge in [-0.2, -0.15) is 0 Å². The number of benzene rings is 1. The molecule has 2 N–H and O–H groups in total. The van der Waals surface area contributed by atoms with Crippen LogP contribution in [-0.4, -0.2) is 24.6 Å². The molecule has 1 aliphatic heterocycles. The van der Waals surface area contributed by atoms with Gasteiger partial charge >= 0.3 is 0 Å². The maximum absolute atomic E-state index is 10.8. The Morgan fingerprint density at radius 2 is 2.31 bits per heavy atom. The molecule has 0 bridgehead atoms. The van der Waals surface area contributed by atoms with Crippen molar-refractivity contribution >= 4 is 11.4 Å². The fourth-order valence-corrected chi connectivity index (χ4v) is 1.93. The van der Waals surface area contributed by atoms with Gasteiger partial charge in [-0.1, -0.05) is 12.1 Å². The van der Waals surface area contributed by atoms with Crippen molar-refractivity contribution in [3.63, 3.8) is 0 Å². The Bertz CT molecular complexity index is 375. The lowest BCUT2D eigenvalue weighted by Crippen LogP contribution is -2.17. The van der Waals surface area contributed by atoms with E-state index in [0.717, 1.165) is 26.1 Å². The molecule has 1 aliphatic rings. The summed E-state index contributed by atoms with van der Waals surface area (Å²) in [6.07, 6.45) is 1.13. The van der Waals surface area contributed by atoms with Crippen molar-refractivity contribution in [2.75, 3.05) is 25.0 Å². The van der Waals surface area contributed by atoms with Crippen LogP contribution in [0.2, 0.25) is 0 Å². The van der Waals surface area contributed by atoms with Crippen molar-refractivity contribution < 1.29 is 4.92 Å². The molecule has 1 atom stereocenters. The molecular weight excluding hydrogens is 206 g/mol. The van der Waals surface area contributed by atoms with E-state index >= 15 is 0 Å². The molecule has 0 unspecified atom stereocenters. The zero-order chi connectivity index (χ0) is 11.4. The largest absolute Gasteiger partial charge is 0.379 e. The van der Waals surface area contributed by atoms with Crippen LogP contribution in [0.3, 0.4) is 0 Å². The summed E-state index contributed by atoms with van der Waals surface area (Å²) in [7, 11) is 0. The molecule has 1 heterocycles. The van der Waals surface area contributed by atoms with E-state index < -0.39 is 0 Å². The minimum Gasteiger partial charge on any atom is -0.379 e. The van der Waals surface area contributed by atoms with Crippen molar-refractivity contribution in [1.82, 2.24) is 5.32 Å². The molecule has 1 saturated heterocycles. The highest BCUT2D eigenvalue weighted by Gasteiger charge is 2.16. The number of nitro groups is 1. The molecule has 2 rings (SSSR count). The van der Waals surface area contributed by atoms with Gasteiger partial charge in [0.2, 0.25) is 0 Å². The minimum atomic E-state index is -0.352. The second-order valence-corrected chi connectivity index (χ2v) is 4.01. The van der Waals surface area contributed by atoms with Crippen LogP contribution in [0, 0.1) is 16.0 Å². The standard InChI is InChI=1S/C11H15N3O2/c15-14(16)11-4-2-1-3-10(11)13-8-9-5-6-12-7-9/h1-4,9,12-13H,5-8H2/t9-/m1/s1. The van der Waals surface area contributed by atoms with E-state index in [1.54, 1.807) is 12.1 Å². The van der Waals surface area contributed by atoms with E-state index in [9.17, 15) is 10.1 Å². The number of anilines is 1. The second-order valence-electron chi connectivity index (χ2n) is 4.01. The summed E-state index contributed by atoms with van der Waals surface area (Å²) in [5.74, 6) is 0.569. The lowest BCUT2D eigenvalue weighted by molar-refractivity contribution is -0.384. The Kier molecular flexibility index (Phi) is 3.36. The van der Waals surface area contributed by atoms with Gasteiger partial charge in [0.25, 0.3) is 5.69 Å². The van der Waals surface area contributed by atoms with Crippen molar-refractivity contribution in [2.45, 2.75) is 6.42 Å². The van der Waals surface area contributed by atoms with Gasteiger partial charge in [0.1, 0.15) is 5.69 Å². The summed E-state index contributed by atoms with van der Waals surface area (Å²) in [6, 6.07) is 6.76. The molecule has 86 valence electrons. The zero-order valence-corrected chi connectivity index (χ0v) is 8.98. The molecule has 1 aromatic carbocycles. The molecule has 0 aromatic heterocycles. The van der Waals surface area contributed by atoms with E-state index in [0.29, 0.717) is 11.6 Å². The van der Waals surface area contributed by atoms with E-state index in [1.165, 1.54) is 6.07 Å². The monoisotopic (exact) mass is 221 g/mol. The first-order valence-electron chi connectivity index (χ1n) is 5.45. The highest BCUT2D eigenvalue weighted by Crippen LogP contribution is 2.23.